The maximum atomic E-state index is 12.0. The Kier molecular flexibility index (Phi) is 5.86. The fourth-order valence-electron chi connectivity index (χ4n) is 1.97. The zero-order valence-corrected chi connectivity index (χ0v) is 11.6. The summed E-state index contributed by atoms with van der Waals surface area (Å²) < 4.78 is 0. The van der Waals surface area contributed by atoms with Crippen molar-refractivity contribution in [3.63, 3.8) is 0 Å². The van der Waals surface area contributed by atoms with Gasteiger partial charge in [-0.25, -0.2) is 0 Å². The van der Waals surface area contributed by atoms with Crippen molar-refractivity contribution in [2.45, 2.75) is 39.7 Å². The number of nitrogens with two attached hydrogens (primary N) is 1. The van der Waals surface area contributed by atoms with Crippen molar-refractivity contribution in [2.24, 2.45) is 11.7 Å². The molecule has 0 heterocycles. The number of benzene rings is 1. The molecule has 0 aliphatic rings. The molecule has 3 nitrogen and oxygen atoms in total. The zero-order chi connectivity index (χ0) is 13.5. The zero-order valence-electron chi connectivity index (χ0n) is 11.6. The van der Waals surface area contributed by atoms with Crippen LogP contribution in [0.5, 0.6) is 0 Å². The largest absolute Gasteiger partial charge is 0.349 e. The molecule has 2 atom stereocenters. The topological polar surface area (TPSA) is 55.1 Å². The van der Waals surface area contributed by atoms with Gasteiger partial charge in [-0.3, -0.25) is 4.79 Å². The van der Waals surface area contributed by atoms with Crippen LogP contribution >= 0.6 is 0 Å². The molecule has 3 N–H and O–H groups in total. The van der Waals surface area contributed by atoms with E-state index < -0.39 is 0 Å². The second-order valence-corrected chi connectivity index (χ2v) is 4.86. The Morgan fingerprint density at radius 3 is 2.44 bits per heavy atom. The Morgan fingerprint density at radius 2 is 1.94 bits per heavy atom. The van der Waals surface area contributed by atoms with Crippen LogP contribution in [0.2, 0.25) is 0 Å². The molecule has 0 saturated carbocycles. The van der Waals surface area contributed by atoms with Crippen molar-refractivity contribution in [3.05, 3.63) is 35.4 Å². The summed E-state index contributed by atoms with van der Waals surface area (Å²) in [5.74, 6) is -0.00433. The van der Waals surface area contributed by atoms with E-state index in [0.29, 0.717) is 6.54 Å². The highest BCUT2D eigenvalue weighted by Crippen LogP contribution is 2.14. The summed E-state index contributed by atoms with van der Waals surface area (Å²) in [6, 6.07) is 8.26. The molecule has 1 rings (SSSR count). The summed E-state index contributed by atoms with van der Waals surface area (Å²) in [4.78, 5) is 12.0. The molecule has 3 heteroatoms. The Morgan fingerprint density at radius 1 is 1.33 bits per heavy atom. The van der Waals surface area contributed by atoms with Gasteiger partial charge in [0.2, 0.25) is 5.91 Å². The molecule has 0 saturated heterocycles. The molecular formula is C15H24N2O. The smallest absolute Gasteiger partial charge is 0.224 e. The minimum atomic E-state index is -0.0668. The van der Waals surface area contributed by atoms with Gasteiger partial charge in [0.15, 0.2) is 0 Å². The molecule has 100 valence electrons. The van der Waals surface area contributed by atoms with Crippen molar-refractivity contribution in [1.82, 2.24) is 5.32 Å². The van der Waals surface area contributed by atoms with Crippen molar-refractivity contribution >= 4 is 5.91 Å². The number of amides is 1. The van der Waals surface area contributed by atoms with E-state index in [1.807, 2.05) is 6.92 Å². The highest BCUT2D eigenvalue weighted by Gasteiger charge is 2.18. The highest BCUT2D eigenvalue weighted by molar-refractivity contribution is 5.79. The van der Waals surface area contributed by atoms with Crippen LogP contribution in [0.1, 0.15) is 43.9 Å². The SMILES string of the molecule is CCCC(CN)C(=O)NC(C)c1ccc(C)cc1. The van der Waals surface area contributed by atoms with Gasteiger partial charge >= 0.3 is 0 Å². The monoisotopic (exact) mass is 248 g/mol. The molecule has 0 aliphatic heterocycles. The molecule has 0 aromatic heterocycles. The number of nitrogens with one attached hydrogen (secondary N) is 1. The molecule has 2 unspecified atom stereocenters. The first kappa shape index (κ1) is 14.7. The normalized spacial score (nSPS) is 14.0. The number of hydrogen-bond acceptors (Lipinski definition) is 2. The molecule has 1 aromatic carbocycles. The van der Waals surface area contributed by atoms with E-state index >= 15 is 0 Å². The lowest BCUT2D eigenvalue weighted by Crippen LogP contribution is -2.36. The minimum Gasteiger partial charge on any atom is -0.349 e. The van der Waals surface area contributed by atoms with E-state index in [4.69, 9.17) is 5.73 Å². The Labute approximate surface area is 110 Å². The fourth-order valence-corrected chi connectivity index (χ4v) is 1.97. The van der Waals surface area contributed by atoms with Crippen LogP contribution in [-0.4, -0.2) is 12.5 Å². The highest BCUT2D eigenvalue weighted by atomic mass is 16.1. The molecule has 0 spiro atoms. The number of aryl methyl sites for hydroxylation is 1. The van der Waals surface area contributed by atoms with Gasteiger partial charge in [0, 0.05) is 6.54 Å². The Bertz CT molecular complexity index is 373. The summed E-state index contributed by atoms with van der Waals surface area (Å²) in [5, 5.41) is 3.03. The van der Waals surface area contributed by atoms with Crippen molar-refractivity contribution < 1.29 is 4.79 Å². The Balaban J connectivity index is 2.60. The molecule has 18 heavy (non-hydrogen) atoms. The van der Waals surface area contributed by atoms with Crippen LogP contribution in [0.15, 0.2) is 24.3 Å². The number of hydrogen-bond donors (Lipinski definition) is 2. The lowest BCUT2D eigenvalue weighted by atomic mass is 10.0. The quantitative estimate of drug-likeness (QED) is 0.813. The summed E-state index contributed by atoms with van der Waals surface area (Å²) >= 11 is 0. The average Bonchev–Trinajstić information content (AvgIpc) is 2.36. The van der Waals surface area contributed by atoms with Crippen molar-refractivity contribution in [3.8, 4) is 0 Å². The van der Waals surface area contributed by atoms with Crippen LogP contribution in [0.3, 0.4) is 0 Å². The predicted octanol–water partition coefficient (Wildman–Crippen LogP) is 2.55. The van der Waals surface area contributed by atoms with Gasteiger partial charge in [-0.05, 0) is 25.8 Å². The first-order valence-corrected chi connectivity index (χ1v) is 6.65. The van der Waals surface area contributed by atoms with Gasteiger partial charge in [-0.15, -0.1) is 0 Å². The molecular weight excluding hydrogens is 224 g/mol. The first-order valence-electron chi connectivity index (χ1n) is 6.65. The molecule has 0 aliphatic carbocycles. The third-order valence-corrected chi connectivity index (χ3v) is 3.23. The summed E-state index contributed by atoms with van der Waals surface area (Å²) in [6.07, 6.45) is 1.83. The lowest BCUT2D eigenvalue weighted by molar-refractivity contribution is -0.125. The van der Waals surface area contributed by atoms with Gasteiger partial charge in [0.05, 0.1) is 12.0 Å². The molecule has 0 radical (unpaired) electrons. The van der Waals surface area contributed by atoms with E-state index in [0.717, 1.165) is 18.4 Å². The summed E-state index contributed by atoms with van der Waals surface area (Å²) in [5.41, 5.74) is 7.98. The van der Waals surface area contributed by atoms with E-state index in [-0.39, 0.29) is 17.9 Å². The summed E-state index contributed by atoms with van der Waals surface area (Å²) in [6.45, 7) is 6.54. The van der Waals surface area contributed by atoms with Gasteiger partial charge in [0.1, 0.15) is 0 Å². The van der Waals surface area contributed by atoms with E-state index in [1.165, 1.54) is 5.56 Å². The van der Waals surface area contributed by atoms with Gasteiger partial charge in [0.25, 0.3) is 0 Å². The number of rotatable bonds is 6. The van der Waals surface area contributed by atoms with Crippen LogP contribution in [0, 0.1) is 12.8 Å². The van der Waals surface area contributed by atoms with Crippen LogP contribution in [0.4, 0.5) is 0 Å². The van der Waals surface area contributed by atoms with E-state index in [2.05, 4.69) is 43.4 Å². The standard InChI is InChI=1S/C15H24N2O/c1-4-5-14(10-16)15(18)17-12(3)13-8-6-11(2)7-9-13/h6-9,12,14H,4-5,10,16H2,1-3H3,(H,17,18). The first-order chi connectivity index (χ1) is 8.58. The van der Waals surface area contributed by atoms with Crippen LogP contribution in [0.25, 0.3) is 0 Å². The van der Waals surface area contributed by atoms with E-state index in [1.54, 1.807) is 0 Å². The Hall–Kier alpha value is -1.35. The van der Waals surface area contributed by atoms with Crippen molar-refractivity contribution in [1.29, 1.82) is 0 Å². The molecule has 0 fully saturated rings. The predicted molar refractivity (Wildman–Crippen MR) is 75.2 cm³/mol. The lowest BCUT2D eigenvalue weighted by Gasteiger charge is -2.19. The van der Waals surface area contributed by atoms with Crippen molar-refractivity contribution in [2.75, 3.05) is 6.54 Å². The van der Waals surface area contributed by atoms with Crippen LogP contribution < -0.4 is 11.1 Å². The number of carbonyl (C=O) groups is 1. The van der Waals surface area contributed by atoms with Crippen LogP contribution in [-0.2, 0) is 4.79 Å². The maximum Gasteiger partial charge on any atom is 0.224 e. The van der Waals surface area contributed by atoms with E-state index in [9.17, 15) is 4.79 Å². The van der Waals surface area contributed by atoms with Gasteiger partial charge in [-0.1, -0.05) is 43.2 Å². The third-order valence-electron chi connectivity index (χ3n) is 3.23. The molecule has 0 bridgehead atoms. The second-order valence-electron chi connectivity index (χ2n) is 4.86. The summed E-state index contributed by atoms with van der Waals surface area (Å²) in [7, 11) is 0. The maximum absolute atomic E-state index is 12.0. The van der Waals surface area contributed by atoms with Gasteiger partial charge < -0.3 is 11.1 Å². The molecule has 1 aromatic rings. The average molecular weight is 248 g/mol. The molecule has 1 amide bonds. The minimum absolute atomic E-state index is 0.0315. The second kappa shape index (κ2) is 7.17. The van der Waals surface area contributed by atoms with Gasteiger partial charge in [-0.2, -0.15) is 0 Å². The fraction of sp³-hybridized carbons (Fsp3) is 0.533. The number of carbonyl (C=O) groups excluding carboxylic acids is 1. The third kappa shape index (κ3) is 4.15.